The number of carbonyl (C=O) groups excluding carboxylic acids is 1. The number of hydrogen-bond donors (Lipinski definition) is 0. The summed E-state index contributed by atoms with van der Waals surface area (Å²) in [6.45, 7) is 4.07. The summed E-state index contributed by atoms with van der Waals surface area (Å²) in [5, 5.41) is 0. The minimum atomic E-state index is -0.177. The molecule has 0 aliphatic heterocycles. The van der Waals surface area contributed by atoms with Crippen molar-refractivity contribution in [3.63, 3.8) is 0 Å². The molecule has 1 fully saturated rings. The van der Waals surface area contributed by atoms with Gasteiger partial charge in [-0.15, -0.1) is 0 Å². The fourth-order valence-corrected chi connectivity index (χ4v) is 2.44. The maximum Gasteiger partial charge on any atom is 0.330 e. The lowest BCUT2D eigenvalue weighted by Crippen LogP contribution is -2.25. The van der Waals surface area contributed by atoms with Gasteiger partial charge in [0.1, 0.15) is 6.10 Å². The number of ether oxygens (including phenoxy) is 1. The average molecular weight is 224 g/mol. The molecule has 92 valence electrons. The first-order valence-corrected chi connectivity index (χ1v) is 6.59. The van der Waals surface area contributed by atoms with Gasteiger partial charge in [0, 0.05) is 6.08 Å². The Balaban J connectivity index is 2.29. The Morgan fingerprint density at radius 1 is 1.44 bits per heavy atom. The molecular weight excluding hydrogens is 200 g/mol. The molecule has 2 heteroatoms. The molecule has 0 aromatic heterocycles. The Bertz CT molecular complexity index is 233. The zero-order valence-electron chi connectivity index (χ0n) is 10.6. The van der Waals surface area contributed by atoms with Crippen LogP contribution >= 0.6 is 0 Å². The second-order valence-corrected chi connectivity index (χ2v) is 4.73. The van der Waals surface area contributed by atoms with E-state index in [-0.39, 0.29) is 12.1 Å². The minimum Gasteiger partial charge on any atom is -0.459 e. The van der Waals surface area contributed by atoms with Crippen LogP contribution in [0.25, 0.3) is 0 Å². The van der Waals surface area contributed by atoms with Crippen LogP contribution in [0.3, 0.4) is 0 Å². The van der Waals surface area contributed by atoms with Crippen molar-refractivity contribution in [1.82, 2.24) is 0 Å². The molecule has 0 N–H and O–H groups in total. The van der Waals surface area contributed by atoms with Gasteiger partial charge in [-0.05, 0) is 32.1 Å². The number of hydrogen-bond acceptors (Lipinski definition) is 2. The highest BCUT2D eigenvalue weighted by Crippen LogP contribution is 2.29. The van der Waals surface area contributed by atoms with E-state index >= 15 is 0 Å². The van der Waals surface area contributed by atoms with Crippen molar-refractivity contribution in [2.45, 2.75) is 64.9 Å². The van der Waals surface area contributed by atoms with Crippen LogP contribution in [0.2, 0.25) is 0 Å². The van der Waals surface area contributed by atoms with Crippen molar-refractivity contribution in [2.24, 2.45) is 5.92 Å². The Labute approximate surface area is 99.1 Å². The van der Waals surface area contributed by atoms with Gasteiger partial charge in [0.05, 0.1) is 0 Å². The summed E-state index contributed by atoms with van der Waals surface area (Å²) in [4.78, 5) is 11.3. The molecular formula is C14H24O2. The molecule has 0 bridgehead atoms. The highest BCUT2D eigenvalue weighted by molar-refractivity contribution is 5.81. The van der Waals surface area contributed by atoms with Gasteiger partial charge in [0.2, 0.25) is 0 Å². The van der Waals surface area contributed by atoms with Crippen LogP contribution in [0.4, 0.5) is 0 Å². The van der Waals surface area contributed by atoms with Gasteiger partial charge in [0.25, 0.3) is 0 Å². The van der Waals surface area contributed by atoms with E-state index in [9.17, 15) is 4.79 Å². The number of rotatable bonds is 5. The molecule has 2 unspecified atom stereocenters. The molecule has 1 rings (SSSR count). The average Bonchev–Trinajstić information content (AvgIpc) is 2.27. The van der Waals surface area contributed by atoms with Crippen LogP contribution in [0.1, 0.15) is 58.8 Å². The Hall–Kier alpha value is -0.790. The summed E-state index contributed by atoms with van der Waals surface area (Å²) in [6, 6.07) is 0. The van der Waals surface area contributed by atoms with Crippen LogP contribution in [-0.2, 0) is 9.53 Å². The summed E-state index contributed by atoms with van der Waals surface area (Å²) < 4.78 is 5.42. The normalized spacial score (nSPS) is 25.9. The van der Waals surface area contributed by atoms with Crippen molar-refractivity contribution in [3.8, 4) is 0 Å². The predicted molar refractivity (Wildman–Crippen MR) is 66.2 cm³/mol. The minimum absolute atomic E-state index is 0.166. The third-order valence-corrected chi connectivity index (χ3v) is 3.29. The molecule has 0 radical (unpaired) electrons. The highest BCUT2D eigenvalue weighted by Gasteiger charge is 2.23. The van der Waals surface area contributed by atoms with E-state index in [1.165, 1.54) is 38.2 Å². The number of carbonyl (C=O) groups is 1. The summed E-state index contributed by atoms with van der Waals surface area (Å²) in [6.07, 6.45) is 11.9. The molecule has 0 heterocycles. The summed E-state index contributed by atoms with van der Waals surface area (Å²) >= 11 is 0. The summed E-state index contributed by atoms with van der Waals surface area (Å²) in [7, 11) is 0. The SMILES string of the molecule is C/C=C/C(=O)OC1CCCC(CCCC)C1. The Morgan fingerprint density at radius 2 is 2.25 bits per heavy atom. The fraction of sp³-hybridized carbons (Fsp3) is 0.786. The first-order chi connectivity index (χ1) is 7.76. The molecule has 16 heavy (non-hydrogen) atoms. The van der Waals surface area contributed by atoms with Crippen LogP contribution in [0, 0.1) is 5.92 Å². The zero-order chi connectivity index (χ0) is 11.8. The van der Waals surface area contributed by atoms with Crippen LogP contribution in [-0.4, -0.2) is 12.1 Å². The van der Waals surface area contributed by atoms with Gasteiger partial charge in [-0.3, -0.25) is 0 Å². The first-order valence-electron chi connectivity index (χ1n) is 6.59. The standard InChI is InChI=1S/C14H24O2/c1-3-5-8-12-9-6-10-13(11-12)16-14(15)7-4-2/h4,7,12-13H,3,5-6,8-11H2,1-2H3/b7-4+. The number of allylic oxidation sites excluding steroid dienone is 1. The molecule has 0 aromatic carbocycles. The quantitative estimate of drug-likeness (QED) is 0.523. The third kappa shape index (κ3) is 4.82. The molecule has 0 amide bonds. The lowest BCUT2D eigenvalue weighted by Gasteiger charge is -2.28. The molecule has 1 aliphatic carbocycles. The summed E-state index contributed by atoms with van der Waals surface area (Å²) in [5.74, 6) is 0.598. The van der Waals surface area contributed by atoms with Crippen molar-refractivity contribution in [3.05, 3.63) is 12.2 Å². The fourth-order valence-electron chi connectivity index (χ4n) is 2.44. The molecule has 2 atom stereocenters. The van der Waals surface area contributed by atoms with E-state index in [1.54, 1.807) is 6.08 Å². The van der Waals surface area contributed by atoms with Crippen molar-refractivity contribution in [1.29, 1.82) is 0 Å². The second-order valence-electron chi connectivity index (χ2n) is 4.73. The molecule has 1 saturated carbocycles. The van der Waals surface area contributed by atoms with E-state index in [1.807, 2.05) is 6.92 Å². The van der Waals surface area contributed by atoms with E-state index in [2.05, 4.69) is 6.92 Å². The Morgan fingerprint density at radius 3 is 2.94 bits per heavy atom. The van der Waals surface area contributed by atoms with Gasteiger partial charge in [0.15, 0.2) is 0 Å². The maximum absolute atomic E-state index is 11.3. The lowest BCUT2D eigenvalue weighted by molar-refractivity contribution is -0.145. The molecule has 0 aromatic rings. The van der Waals surface area contributed by atoms with E-state index < -0.39 is 0 Å². The van der Waals surface area contributed by atoms with E-state index in [4.69, 9.17) is 4.74 Å². The summed E-state index contributed by atoms with van der Waals surface area (Å²) in [5.41, 5.74) is 0. The molecule has 2 nitrogen and oxygen atoms in total. The van der Waals surface area contributed by atoms with Gasteiger partial charge in [-0.25, -0.2) is 4.79 Å². The van der Waals surface area contributed by atoms with Gasteiger partial charge < -0.3 is 4.74 Å². The zero-order valence-corrected chi connectivity index (χ0v) is 10.6. The van der Waals surface area contributed by atoms with Crippen molar-refractivity contribution < 1.29 is 9.53 Å². The van der Waals surface area contributed by atoms with Crippen LogP contribution in [0.5, 0.6) is 0 Å². The van der Waals surface area contributed by atoms with Gasteiger partial charge in [-0.2, -0.15) is 0 Å². The topological polar surface area (TPSA) is 26.3 Å². The molecule has 1 aliphatic rings. The predicted octanol–water partition coefficient (Wildman–Crippen LogP) is 3.85. The molecule has 0 saturated heterocycles. The molecule has 0 spiro atoms. The lowest BCUT2D eigenvalue weighted by atomic mass is 9.84. The van der Waals surface area contributed by atoms with Gasteiger partial charge >= 0.3 is 5.97 Å². The highest BCUT2D eigenvalue weighted by atomic mass is 16.5. The Kier molecular flexibility index (Phi) is 6.20. The maximum atomic E-state index is 11.3. The largest absolute Gasteiger partial charge is 0.459 e. The van der Waals surface area contributed by atoms with E-state index in [0.717, 1.165) is 18.8 Å². The smallest absolute Gasteiger partial charge is 0.330 e. The van der Waals surface area contributed by atoms with Crippen molar-refractivity contribution >= 4 is 5.97 Å². The van der Waals surface area contributed by atoms with E-state index in [0.29, 0.717) is 0 Å². The monoisotopic (exact) mass is 224 g/mol. The van der Waals surface area contributed by atoms with Crippen LogP contribution in [0.15, 0.2) is 12.2 Å². The van der Waals surface area contributed by atoms with Crippen molar-refractivity contribution in [2.75, 3.05) is 0 Å². The third-order valence-electron chi connectivity index (χ3n) is 3.29. The first kappa shape index (κ1) is 13.3. The second kappa shape index (κ2) is 7.48. The number of esters is 1. The van der Waals surface area contributed by atoms with Crippen LogP contribution < -0.4 is 0 Å². The number of unbranched alkanes of at least 4 members (excludes halogenated alkanes) is 1. The van der Waals surface area contributed by atoms with Gasteiger partial charge in [-0.1, -0.05) is 38.7 Å².